The lowest BCUT2D eigenvalue weighted by Gasteiger charge is -2.07. The zero-order valence-corrected chi connectivity index (χ0v) is 12.5. The molecule has 0 radical (unpaired) electrons. The molecule has 0 saturated heterocycles. The number of hydrogen-bond acceptors (Lipinski definition) is 4. The van der Waals surface area contributed by atoms with Crippen LogP contribution in [-0.2, 0) is 9.53 Å². The number of carbonyl (C=O) groups is 2. The van der Waals surface area contributed by atoms with Gasteiger partial charge in [-0.1, -0.05) is 49.0 Å². The third-order valence-electron chi connectivity index (χ3n) is 2.95. The fraction of sp³-hybridized carbons (Fsp3) is 0.111. The van der Waals surface area contributed by atoms with Crippen molar-refractivity contribution in [1.29, 1.82) is 0 Å². The van der Waals surface area contributed by atoms with Crippen LogP contribution in [0.3, 0.4) is 0 Å². The van der Waals surface area contributed by atoms with Crippen molar-refractivity contribution in [2.24, 2.45) is 0 Å². The Labute approximate surface area is 134 Å². The van der Waals surface area contributed by atoms with Gasteiger partial charge in [0, 0.05) is 6.08 Å². The van der Waals surface area contributed by atoms with Gasteiger partial charge in [-0.2, -0.15) is 0 Å². The number of hydrogen-bond donors (Lipinski definition) is 1. The highest BCUT2D eigenvalue weighted by atomic mass is 16.6. The van der Waals surface area contributed by atoms with Crippen LogP contribution in [0.15, 0.2) is 67.3 Å². The van der Waals surface area contributed by atoms with Gasteiger partial charge in [0.25, 0.3) is 0 Å². The number of amides is 1. The zero-order chi connectivity index (χ0) is 16.5. The predicted octanol–water partition coefficient (Wildman–Crippen LogP) is 3.17. The first-order valence-electron chi connectivity index (χ1n) is 7.09. The Bertz CT molecular complexity index is 665. The molecular formula is C18H17NO4. The van der Waals surface area contributed by atoms with Gasteiger partial charge in [0.15, 0.2) is 0 Å². The lowest BCUT2D eigenvalue weighted by molar-refractivity contribution is -0.137. The Morgan fingerprint density at radius 2 is 1.65 bits per heavy atom. The summed E-state index contributed by atoms with van der Waals surface area (Å²) in [6, 6.07) is 17.1. The standard InChI is InChI=1S/C18H17NO4/c1-2-17(20)22-13-12-19-18(21)23-16-10-8-15(9-11-16)14-6-4-3-5-7-14/h2-11H,1,12-13H2,(H,19,21). The van der Waals surface area contributed by atoms with E-state index in [1.165, 1.54) is 0 Å². The average Bonchev–Trinajstić information content (AvgIpc) is 2.60. The molecule has 0 heterocycles. The fourth-order valence-corrected chi connectivity index (χ4v) is 1.85. The molecule has 2 aromatic rings. The summed E-state index contributed by atoms with van der Waals surface area (Å²) < 4.78 is 9.86. The van der Waals surface area contributed by atoms with Crippen LogP contribution in [0.1, 0.15) is 0 Å². The molecule has 23 heavy (non-hydrogen) atoms. The minimum Gasteiger partial charge on any atom is -0.461 e. The molecule has 0 atom stereocenters. The van der Waals surface area contributed by atoms with Gasteiger partial charge in [0.1, 0.15) is 12.4 Å². The van der Waals surface area contributed by atoms with Crippen LogP contribution in [0.2, 0.25) is 0 Å². The molecule has 0 fully saturated rings. The fourth-order valence-electron chi connectivity index (χ4n) is 1.85. The van der Waals surface area contributed by atoms with E-state index in [1.807, 2.05) is 42.5 Å². The first-order valence-corrected chi connectivity index (χ1v) is 7.09. The van der Waals surface area contributed by atoms with Crippen LogP contribution < -0.4 is 10.1 Å². The molecule has 5 heteroatoms. The van der Waals surface area contributed by atoms with Crippen molar-refractivity contribution in [3.63, 3.8) is 0 Å². The van der Waals surface area contributed by atoms with E-state index >= 15 is 0 Å². The molecule has 0 aliphatic rings. The molecule has 0 spiro atoms. The van der Waals surface area contributed by atoms with Crippen LogP contribution in [0.4, 0.5) is 4.79 Å². The van der Waals surface area contributed by atoms with Crippen molar-refractivity contribution in [3.05, 3.63) is 67.3 Å². The van der Waals surface area contributed by atoms with Gasteiger partial charge < -0.3 is 14.8 Å². The molecule has 118 valence electrons. The quantitative estimate of drug-likeness (QED) is 0.505. The van der Waals surface area contributed by atoms with Crippen LogP contribution in [0.25, 0.3) is 11.1 Å². The van der Waals surface area contributed by atoms with Crippen molar-refractivity contribution >= 4 is 12.1 Å². The van der Waals surface area contributed by atoms with Crippen LogP contribution in [0.5, 0.6) is 5.75 Å². The summed E-state index contributed by atoms with van der Waals surface area (Å²) in [7, 11) is 0. The maximum Gasteiger partial charge on any atom is 0.412 e. The van der Waals surface area contributed by atoms with Gasteiger partial charge in [-0.15, -0.1) is 0 Å². The molecule has 1 N–H and O–H groups in total. The molecule has 5 nitrogen and oxygen atoms in total. The van der Waals surface area contributed by atoms with E-state index < -0.39 is 12.1 Å². The molecule has 0 bridgehead atoms. The van der Waals surface area contributed by atoms with Gasteiger partial charge in [0.05, 0.1) is 6.54 Å². The normalized spacial score (nSPS) is 9.74. The minimum atomic E-state index is -0.605. The number of nitrogens with one attached hydrogen (secondary N) is 1. The maximum atomic E-state index is 11.6. The zero-order valence-electron chi connectivity index (χ0n) is 12.5. The van der Waals surface area contributed by atoms with Crippen molar-refractivity contribution in [3.8, 4) is 16.9 Å². The Morgan fingerprint density at radius 3 is 2.30 bits per heavy atom. The minimum absolute atomic E-state index is 0.0624. The maximum absolute atomic E-state index is 11.6. The van der Waals surface area contributed by atoms with E-state index in [-0.39, 0.29) is 13.2 Å². The molecule has 0 aliphatic heterocycles. The van der Waals surface area contributed by atoms with Gasteiger partial charge in [0.2, 0.25) is 0 Å². The molecular weight excluding hydrogens is 294 g/mol. The van der Waals surface area contributed by atoms with Crippen molar-refractivity contribution in [1.82, 2.24) is 5.32 Å². The number of ether oxygens (including phenoxy) is 2. The largest absolute Gasteiger partial charge is 0.461 e. The van der Waals surface area contributed by atoms with Crippen LogP contribution in [0, 0.1) is 0 Å². The summed E-state index contributed by atoms with van der Waals surface area (Å²) >= 11 is 0. The number of benzene rings is 2. The van der Waals surface area contributed by atoms with Gasteiger partial charge >= 0.3 is 12.1 Å². The van der Waals surface area contributed by atoms with E-state index in [4.69, 9.17) is 9.47 Å². The van der Waals surface area contributed by atoms with E-state index in [2.05, 4.69) is 11.9 Å². The predicted molar refractivity (Wildman–Crippen MR) is 87.1 cm³/mol. The molecule has 2 aromatic carbocycles. The van der Waals surface area contributed by atoms with Gasteiger partial charge in [-0.05, 0) is 23.3 Å². The van der Waals surface area contributed by atoms with Gasteiger partial charge in [-0.3, -0.25) is 0 Å². The van der Waals surface area contributed by atoms with E-state index in [9.17, 15) is 9.59 Å². The van der Waals surface area contributed by atoms with Crippen molar-refractivity contribution in [2.75, 3.05) is 13.2 Å². The second kappa shape index (κ2) is 8.38. The second-order valence-corrected chi connectivity index (χ2v) is 4.58. The van der Waals surface area contributed by atoms with Crippen molar-refractivity contribution in [2.45, 2.75) is 0 Å². The lowest BCUT2D eigenvalue weighted by atomic mass is 10.1. The SMILES string of the molecule is C=CC(=O)OCCNC(=O)Oc1ccc(-c2ccccc2)cc1. The lowest BCUT2D eigenvalue weighted by Crippen LogP contribution is -2.30. The molecule has 0 aromatic heterocycles. The monoisotopic (exact) mass is 311 g/mol. The summed E-state index contributed by atoms with van der Waals surface area (Å²) in [6.45, 7) is 3.50. The third kappa shape index (κ3) is 5.32. The van der Waals surface area contributed by atoms with E-state index in [0.29, 0.717) is 5.75 Å². The van der Waals surface area contributed by atoms with Crippen LogP contribution in [-0.4, -0.2) is 25.2 Å². The van der Waals surface area contributed by atoms with E-state index in [0.717, 1.165) is 17.2 Å². The molecule has 0 aliphatic carbocycles. The summed E-state index contributed by atoms with van der Waals surface area (Å²) in [5.41, 5.74) is 2.13. The number of esters is 1. The van der Waals surface area contributed by atoms with E-state index in [1.54, 1.807) is 12.1 Å². The van der Waals surface area contributed by atoms with Crippen LogP contribution >= 0.6 is 0 Å². The summed E-state index contributed by atoms with van der Waals surface area (Å²) in [5.74, 6) is -0.0954. The smallest absolute Gasteiger partial charge is 0.412 e. The summed E-state index contributed by atoms with van der Waals surface area (Å²) in [5, 5.41) is 2.48. The molecule has 0 unspecified atom stereocenters. The highest BCUT2D eigenvalue weighted by Gasteiger charge is 2.05. The Kier molecular flexibility index (Phi) is 5.94. The molecule has 1 amide bonds. The Morgan fingerprint density at radius 1 is 1.00 bits per heavy atom. The topological polar surface area (TPSA) is 64.6 Å². The molecule has 2 rings (SSSR count). The first-order chi connectivity index (χ1) is 11.2. The second-order valence-electron chi connectivity index (χ2n) is 4.58. The van der Waals surface area contributed by atoms with Gasteiger partial charge in [-0.25, -0.2) is 9.59 Å². The number of carbonyl (C=O) groups excluding carboxylic acids is 2. The highest BCUT2D eigenvalue weighted by molar-refractivity contribution is 5.81. The Hall–Kier alpha value is -3.08. The summed E-state index contributed by atoms with van der Waals surface area (Å²) in [6.07, 6.45) is 0.458. The summed E-state index contributed by atoms with van der Waals surface area (Å²) in [4.78, 5) is 22.4. The highest BCUT2D eigenvalue weighted by Crippen LogP contribution is 2.21. The Balaban J connectivity index is 1.80. The molecule has 0 saturated carbocycles. The average molecular weight is 311 g/mol. The number of rotatable bonds is 6. The van der Waals surface area contributed by atoms with Crippen molar-refractivity contribution < 1.29 is 19.1 Å². The third-order valence-corrected chi connectivity index (χ3v) is 2.95. The first kappa shape index (κ1) is 16.3.